The summed E-state index contributed by atoms with van der Waals surface area (Å²) >= 11 is 2.42. The minimum atomic E-state index is 0.259. The molecule has 1 unspecified atom stereocenters. The molecule has 0 bridgehead atoms. The molecule has 1 atom stereocenters. The first-order chi connectivity index (χ1) is 8.04. The van der Waals surface area contributed by atoms with E-state index in [1.54, 1.807) is 0 Å². The average molecular weight is 344 g/mol. The van der Waals surface area contributed by atoms with Gasteiger partial charge in [0.05, 0.1) is 0 Å². The summed E-state index contributed by atoms with van der Waals surface area (Å²) < 4.78 is 1.36. The van der Waals surface area contributed by atoms with Gasteiger partial charge >= 0.3 is 0 Å². The van der Waals surface area contributed by atoms with Crippen LogP contribution in [0.1, 0.15) is 25.8 Å². The molecule has 0 aliphatic carbocycles. The molecule has 2 rings (SSSR count). The molecule has 2 nitrogen and oxygen atoms in total. The molecule has 0 amide bonds. The highest BCUT2D eigenvalue weighted by Crippen LogP contribution is 2.24. The molecule has 0 saturated carbocycles. The summed E-state index contributed by atoms with van der Waals surface area (Å²) in [5, 5.41) is 3.63. The van der Waals surface area contributed by atoms with Crippen LogP contribution < -0.4 is 10.2 Å². The predicted octanol–water partition coefficient (Wildman–Crippen LogP) is 3.18. The fourth-order valence-corrected chi connectivity index (χ4v) is 2.78. The predicted molar refractivity (Wildman–Crippen MR) is 82.8 cm³/mol. The second kappa shape index (κ2) is 5.14. The van der Waals surface area contributed by atoms with Crippen molar-refractivity contribution in [1.29, 1.82) is 0 Å². The van der Waals surface area contributed by atoms with Gasteiger partial charge in [0.2, 0.25) is 0 Å². The van der Waals surface area contributed by atoms with Crippen LogP contribution in [0.15, 0.2) is 18.2 Å². The van der Waals surface area contributed by atoms with Crippen molar-refractivity contribution < 1.29 is 0 Å². The highest BCUT2D eigenvalue weighted by atomic mass is 127. The maximum absolute atomic E-state index is 3.63. The molecule has 0 spiro atoms. The van der Waals surface area contributed by atoms with E-state index in [1.165, 1.54) is 21.2 Å². The van der Waals surface area contributed by atoms with Crippen LogP contribution in [0.25, 0.3) is 0 Å². The Kier molecular flexibility index (Phi) is 3.98. The summed E-state index contributed by atoms with van der Waals surface area (Å²) in [6, 6.07) is 6.78. The van der Waals surface area contributed by atoms with Crippen molar-refractivity contribution in [2.75, 3.05) is 24.5 Å². The lowest BCUT2D eigenvalue weighted by atomic mass is 9.95. The Balaban J connectivity index is 2.19. The van der Waals surface area contributed by atoms with E-state index in [1.807, 2.05) is 0 Å². The summed E-state index contributed by atoms with van der Waals surface area (Å²) in [4.78, 5) is 2.50. The Morgan fingerprint density at radius 3 is 2.88 bits per heavy atom. The number of halogens is 1. The third kappa shape index (κ3) is 2.94. The van der Waals surface area contributed by atoms with Gasteiger partial charge in [0.1, 0.15) is 0 Å². The van der Waals surface area contributed by atoms with Crippen molar-refractivity contribution in [2.24, 2.45) is 0 Å². The molecule has 1 aromatic rings. The van der Waals surface area contributed by atoms with Gasteiger partial charge in [-0.1, -0.05) is 13.0 Å². The van der Waals surface area contributed by atoms with Crippen molar-refractivity contribution in [2.45, 2.75) is 32.7 Å². The van der Waals surface area contributed by atoms with Gasteiger partial charge in [0, 0.05) is 34.4 Å². The van der Waals surface area contributed by atoms with Crippen molar-refractivity contribution in [1.82, 2.24) is 5.32 Å². The molecular formula is C14H21IN2. The number of nitrogens with zero attached hydrogens (tertiary/aromatic N) is 1. The zero-order valence-electron chi connectivity index (χ0n) is 10.9. The Hall–Kier alpha value is -0.290. The second-order valence-corrected chi connectivity index (χ2v) is 6.36. The normalized spacial score (nSPS) is 25.1. The van der Waals surface area contributed by atoms with Gasteiger partial charge in [-0.3, -0.25) is 0 Å². The monoisotopic (exact) mass is 344 g/mol. The lowest BCUT2D eigenvalue weighted by molar-refractivity contribution is 0.314. The van der Waals surface area contributed by atoms with Crippen molar-refractivity contribution in [3.05, 3.63) is 27.3 Å². The summed E-state index contributed by atoms with van der Waals surface area (Å²) in [6.45, 7) is 10.0. The van der Waals surface area contributed by atoms with Gasteiger partial charge in [0.15, 0.2) is 0 Å². The number of benzene rings is 1. The highest BCUT2D eigenvalue weighted by molar-refractivity contribution is 14.1. The minimum absolute atomic E-state index is 0.259. The zero-order chi connectivity index (χ0) is 12.5. The molecule has 0 aromatic heterocycles. The van der Waals surface area contributed by atoms with Crippen LogP contribution in [0.3, 0.4) is 0 Å². The number of hydrogen-bond donors (Lipinski definition) is 1. The van der Waals surface area contributed by atoms with E-state index in [4.69, 9.17) is 0 Å². The number of piperazine rings is 1. The van der Waals surface area contributed by atoms with Crippen LogP contribution >= 0.6 is 22.6 Å². The van der Waals surface area contributed by atoms with Crippen LogP contribution in [0.4, 0.5) is 5.69 Å². The van der Waals surface area contributed by atoms with Crippen LogP contribution in [0.5, 0.6) is 0 Å². The molecule has 1 aromatic carbocycles. The first kappa shape index (κ1) is 13.1. The largest absolute Gasteiger partial charge is 0.368 e. The molecule has 17 heavy (non-hydrogen) atoms. The van der Waals surface area contributed by atoms with Crippen molar-refractivity contribution in [3.63, 3.8) is 0 Å². The third-order valence-electron chi connectivity index (χ3n) is 3.77. The summed E-state index contributed by atoms with van der Waals surface area (Å²) in [6.07, 6.45) is 1.17. The molecular weight excluding hydrogens is 323 g/mol. The van der Waals surface area contributed by atoms with Gasteiger partial charge in [-0.2, -0.15) is 0 Å². The Morgan fingerprint density at radius 2 is 2.24 bits per heavy atom. The first-order valence-corrected chi connectivity index (χ1v) is 7.38. The summed E-state index contributed by atoms with van der Waals surface area (Å²) in [7, 11) is 0. The van der Waals surface area contributed by atoms with E-state index >= 15 is 0 Å². The third-order valence-corrected chi connectivity index (χ3v) is 4.94. The number of nitrogens with one attached hydrogen (secondary N) is 1. The van der Waals surface area contributed by atoms with Crippen molar-refractivity contribution in [3.8, 4) is 0 Å². The van der Waals surface area contributed by atoms with Crippen LogP contribution in [0.2, 0.25) is 0 Å². The van der Waals surface area contributed by atoms with Gasteiger partial charge < -0.3 is 10.2 Å². The van der Waals surface area contributed by atoms with Gasteiger partial charge in [-0.15, -0.1) is 0 Å². The molecule has 1 fully saturated rings. The quantitative estimate of drug-likeness (QED) is 0.829. The molecule has 0 radical (unpaired) electrons. The number of hydrogen-bond acceptors (Lipinski definition) is 2. The fourth-order valence-electron chi connectivity index (χ4n) is 2.28. The Labute approximate surface area is 118 Å². The number of anilines is 1. The fraction of sp³-hybridized carbons (Fsp3) is 0.571. The SMILES string of the molecule is CCC1(C)CN(c2ccc(C)c(I)c2)CCN1. The van der Waals surface area contributed by atoms with E-state index < -0.39 is 0 Å². The average Bonchev–Trinajstić information content (AvgIpc) is 2.33. The van der Waals surface area contributed by atoms with E-state index in [9.17, 15) is 0 Å². The van der Waals surface area contributed by atoms with Gasteiger partial charge in [-0.25, -0.2) is 0 Å². The smallest absolute Gasteiger partial charge is 0.0378 e. The first-order valence-electron chi connectivity index (χ1n) is 6.30. The molecule has 1 aliphatic heterocycles. The number of rotatable bonds is 2. The van der Waals surface area contributed by atoms with Crippen LogP contribution in [-0.4, -0.2) is 25.2 Å². The molecule has 3 heteroatoms. The van der Waals surface area contributed by atoms with E-state index in [0.717, 1.165) is 19.6 Å². The Bertz CT molecular complexity index is 405. The zero-order valence-corrected chi connectivity index (χ0v) is 13.0. The van der Waals surface area contributed by atoms with E-state index in [-0.39, 0.29) is 5.54 Å². The topological polar surface area (TPSA) is 15.3 Å². The van der Waals surface area contributed by atoms with Gasteiger partial charge in [0.25, 0.3) is 0 Å². The van der Waals surface area contributed by atoms with E-state index in [2.05, 4.69) is 71.8 Å². The Morgan fingerprint density at radius 1 is 1.47 bits per heavy atom. The highest BCUT2D eigenvalue weighted by Gasteiger charge is 2.28. The lowest BCUT2D eigenvalue weighted by Gasteiger charge is -2.42. The van der Waals surface area contributed by atoms with Crippen molar-refractivity contribution >= 4 is 28.3 Å². The molecule has 94 valence electrons. The van der Waals surface area contributed by atoms with Crippen LogP contribution in [-0.2, 0) is 0 Å². The maximum atomic E-state index is 3.63. The summed E-state index contributed by atoms with van der Waals surface area (Å²) in [5.41, 5.74) is 2.98. The second-order valence-electron chi connectivity index (χ2n) is 5.20. The minimum Gasteiger partial charge on any atom is -0.368 e. The number of aryl methyl sites for hydroxylation is 1. The maximum Gasteiger partial charge on any atom is 0.0378 e. The molecule has 1 heterocycles. The van der Waals surface area contributed by atoms with E-state index in [0.29, 0.717) is 0 Å². The lowest BCUT2D eigenvalue weighted by Crippen LogP contribution is -2.58. The standard InChI is InChI=1S/C14H21IN2/c1-4-14(3)10-17(8-7-16-14)12-6-5-11(2)13(15)9-12/h5-6,9,16H,4,7-8,10H2,1-3H3. The summed E-state index contributed by atoms with van der Waals surface area (Å²) in [5.74, 6) is 0. The molecule has 1 aliphatic rings. The molecule has 1 N–H and O–H groups in total. The van der Waals surface area contributed by atoms with Crippen LogP contribution in [0, 0.1) is 10.5 Å². The molecule has 1 saturated heterocycles. The van der Waals surface area contributed by atoms with Gasteiger partial charge in [-0.05, 0) is 60.6 Å².